The molecule has 0 bridgehead atoms. The standard InChI is InChI=1S/C19H22N4O3/c1-11(2)10-23-19-14(9-13-8-12(3)4-5-15(13)20-19)18(22-23)21-16(24)6-7-17(25)26/h4-5,8-9,11H,6-7,10H2,1-3H3,(H,25,26)(H,21,22,24). The number of carbonyl (C=O) groups is 2. The van der Waals surface area contributed by atoms with Crippen LogP contribution in [-0.4, -0.2) is 31.7 Å². The molecule has 0 saturated carbocycles. The Morgan fingerprint density at radius 3 is 2.69 bits per heavy atom. The number of fused-ring (bicyclic) bond motifs is 2. The van der Waals surface area contributed by atoms with E-state index in [9.17, 15) is 9.59 Å². The molecule has 0 aliphatic rings. The van der Waals surface area contributed by atoms with E-state index in [-0.39, 0.29) is 18.7 Å². The van der Waals surface area contributed by atoms with Gasteiger partial charge in [0.2, 0.25) is 5.91 Å². The number of amides is 1. The van der Waals surface area contributed by atoms with Crippen LogP contribution in [0.15, 0.2) is 24.3 Å². The fourth-order valence-corrected chi connectivity index (χ4v) is 2.86. The molecule has 26 heavy (non-hydrogen) atoms. The molecular weight excluding hydrogens is 332 g/mol. The van der Waals surface area contributed by atoms with Gasteiger partial charge in [-0.05, 0) is 31.0 Å². The van der Waals surface area contributed by atoms with Gasteiger partial charge in [0.15, 0.2) is 11.5 Å². The van der Waals surface area contributed by atoms with Crippen LogP contribution in [0.3, 0.4) is 0 Å². The number of hydrogen-bond acceptors (Lipinski definition) is 4. The molecule has 0 saturated heterocycles. The van der Waals surface area contributed by atoms with Crippen LogP contribution in [0.2, 0.25) is 0 Å². The first-order valence-corrected chi connectivity index (χ1v) is 8.63. The Hall–Kier alpha value is -2.96. The van der Waals surface area contributed by atoms with E-state index < -0.39 is 5.97 Å². The maximum Gasteiger partial charge on any atom is 0.303 e. The van der Waals surface area contributed by atoms with Crippen molar-refractivity contribution in [2.75, 3.05) is 5.32 Å². The van der Waals surface area contributed by atoms with Gasteiger partial charge < -0.3 is 10.4 Å². The summed E-state index contributed by atoms with van der Waals surface area (Å²) in [5, 5.41) is 17.7. The predicted octanol–water partition coefficient (Wildman–Crippen LogP) is 3.35. The topological polar surface area (TPSA) is 97.1 Å². The number of anilines is 1. The number of aromatic nitrogens is 3. The van der Waals surface area contributed by atoms with Crippen molar-refractivity contribution >= 4 is 39.6 Å². The molecule has 0 aliphatic heterocycles. The molecule has 0 fully saturated rings. The lowest BCUT2D eigenvalue weighted by Gasteiger charge is -2.06. The van der Waals surface area contributed by atoms with E-state index >= 15 is 0 Å². The van der Waals surface area contributed by atoms with Crippen molar-refractivity contribution in [2.45, 2.75) is 40.2 Å². The van der Waals surface area contributed by atoms with Gasteiger partial charge in [0.25, 0.3) is 0 Å². The van der Waals surface area contributed by atoms with Crippen LogP contribution in [-0.2, 0) is 16.1 Å². The van der Waals surface area contributed by atoms with E-state index in [2.05, 4.69) is 24.3 Å². The number of nitrogens with one attached hydrogen (secondary N) is 1. The number of carbonyl (C=O) groups excluding carboxylic acids is 1. The van der Waals surface area contributed by atoms with E-state index in [1.54, 1.807) is 4.68 Å². The van der Waals surface area contributed by atoms with E-state index in [1.165, 1.54) is 0 Å². The minimum absolute atomic E-state index is 0.0893. The van der Waals surface area contributed by atoms with E-state index in [1.807, 2.05) is 31.2 Å². The first kappa shape index (κ1) is 17.8. The van der Waals surface area contributed by atoms with Gasteiger partial charge in [-0.2, -0.15) is 5.10 Å². The second kappa shape index (κ2) is 7.11. The van der Waals surface area contributed by atoms with Gasteiger partial charge in [0, 0.05) is 18.4 Å². The zero-order valence-electron chi connectivity index (χ0n) is 15.1. The number of carboxylic acid groups (broad SMARTS) is 1. The molecule has 3 rings (SSSR count). The summed E-state index contributed by atoms with van der Waals surface area (Å²) in [5.41, 5.74) is 2.71. The van der Waals surface area contributed by atoms with Crippen LogP contribution in [0, 0.1) is 12.8 Å². The van der Waals surface area contributed by atoms with Crippen LogP contribution in [0.25, 0.3) is 21.9 Å². The van der Waals surface area contributed by atoms with E-state index in [0.29, 0.717) is 23.9 Å². The number of rotatable bonds is 6. The van der Waals surface area contributed by atoms with Gasteiger partial charge in [-0.15, -0.1) is 0 Å². The summed E-state index contributed by atoms with van der Waals surface area (Å²) < 4.78 is 1.80. The molecule has 2 N–H and O–H groups in total. The summed E-state index contributed by atoms with van der Waals surface area (Å²) in [5.74, 6) is -0.581. The molecule has 136 valence electrons. The molecule has 1 aromatic carbocycles. The van der Waals surface area contributed by atoms with Crippen molar-refractivity contribution in [2.24, 2.45) is 5.92 Å². The lowest BCUT2D eigenvalue weighted by atomic mass is 10.1. The van der Waals surface area contributed by atoms with Gasteiger partial charge in [0.05, 0.1) is 17.3 Å². The predicted molar refractivity (Wildman–Crippen MR) is 100 cm³/mol. The van der Waals surface area contributed by atoms with Crippen molar-refractivity contribution in [3.63, 3.8) is 0 Å². The number of aliphatic carboxylic acids is 1. The highest BCUT2D eigenvalue weighted by atomic mass is 16.4. The SMILES string of the molecule is Cc1ccc2nc3c(cc2c1)c(NC(=O)CCC(=O)O)nn3CC(C)C. The quantitative estimate of drug-likeness (QED) is 0.707. The molecule has 0 unspecified atom stereocenters. The zero-order chi connectivity index (χ0) is 18.8. The highest BCUT2D eigenvalue weighted by Gasteiger charge is 2.16. The smallest absolute Gasteiger partial charge is 0.303 e. The summed E-state index contributed by atoms with van der Waals surface area (Å²) in [6.07, 6.45) is -0.301. The van der Waals surface area contributed by atoms with Crippen LogP contribution in [0.5, 0.6) is 0 Å². The fourth-order valence-electron chi connectivity index (χ4n) is 2.86. The molecule has 7 nitrogen and oxygen atoms in total. The van der Waals surface area contributed by atoms with Crippen molar-refractivity contribution in [3.8, 4) is 0 Å². The summed E-state index contributed by atoms with van der Waals surface area (Å²) in [6, 6.07) is 8.00. The number of carboxylic acids is 1. The average molecular weight is 354 g/mol. The molecule has 2 aromatic heterocycles. The van der Waals surface area contributed by atoms with Crippen molar-refractivity contribution in [3.05, 3.63) is 29.8 Å². The molecule has 0 radical (unpaired) electrons. The summed E-state index contributed by atoms with van der Waals surface area (Å²) >= 11 is 0. The summed E-state index contributed by atoms with van der Waals surface area (Å²) in [7, 11) is 0. The lowest BCUT2D eigenvalue weighted by molar-refractivity contribution is -0.138. The molecule has 0 atom stereocenters. The van der Waals surface area contributed by atoms with Gasteiger partial charge in [-0.1, -0.05) is 25.5 Å². The van der Waals surface area contributed by atoms with E-state index in [0.717, 1.165) is 21.9 Å². The largest absolute Gasteiger partial charge is 0.481 e. The lowest BCUT2D eigenvalue weighted by Crippen LogP contribution is -2.14. The Morgan fingerprint density at radius 1 is 1.23 bits per heavy atom. The first-order valence-electron chi connectivity index (χ1n) is 8.63. The molecular formula is C19H22N4O3. The molecule has 2 heterocycles. The molecule has 0 aliphatic carbocycles. The Kier molecular flexibility index (Phi) is 4.88. The third-order valence-electron chi connectivity index (χ3n) is 4.03. The number of pyridine rings is 1. The van der Waals surface area contributed by atoms with Crippen LogP contribution < -0.4 is 5.32 Å². The Morgan fingerprint density at radius 2 is 2.00 bits per heavy atom. The fraction of sp³-hybridized carbons (Fsp3) is 0.368. The highest BCUT2D eigenvalue weighted by Crippen LogP contribution is 2.27. The monoisotopic (exact) mass is 354 g/mol. The minimum atomic E-state index is -1.00. The van der Waals surface area contributed by atoms with Gasteiger partial charge in [-0.25, -0.2) is 9.67 Å². The van der Waals surface area contributed by atoms with Crippen LogP contribution in [0.1, 0.15) is 32.3 Å². The second-order valence-electron chi connectivity index (χ2n) is 6.92. The molecule has 0 spiro atoms. The molecule has 7 heteroatoms. The zero-order valence-corrected chi connectivity index (χ0v) is 15.1. The molecule has 1 amide bonds. The van der Waals surface area contributed by atoms with Gasteiger partial charge in [-0.3, -0.25) is 9.59 Å². The van der Waals surface area contributed by atoms with Crippen molar-refractivity contribution < 1.29 is 14.7 Å². The molecule has 3 aromatic rings. The van der Waals surface area contributed by atoms with Crippen LogP contribution in [0.4, 0.5) is 5.82 Å². The Labute approximate surface area is 151 Å². The number of benzene rings is 1. The third kappa shape index (κ3) is 3.82. The van der Waals surface area contributed by atoms with Gasteiger partial charge >= 0.3 is 5.97 Å². The third-order valence-corrected chi connectivity index (χ3v) is 4.03. The second-order valence-corrected chi connectivity index (χ2v) is 6.92. The minimum Gasteiger partial charge on any atom is -0.481 e. The number of nitrogens with zero attached hydrogens (tertiary/aromatic N) is 3. The van der Waals surface area contributed by atoms with Crippen molar-refractivity contribution in [1.82, 2.24) is 14.8 Å². The Bertz CT molecular complexity index is 991. The highest BCUT2D eigenvalue weighted by molar-refractivity contribution is 6.03. The number of aryl methyl sites for hydroxylation is 1. The maximum absolute atomic E-state index is 12.1. The summed E-state index contributed by atoms with van der Waals surface area (Å²) in [4.78, 5) is 27.5. The average Bonchev–Trinajstić information content (AvgIpc) is 2.87. The normalized spacial score (nSPS) is 11.4. The van der Waals surface area contributed by atoms with Crippen molar-refractivity contribution in [1.29, 1.82) is 0 Å². The van der Waals surface area contributed by atoms with Crippen LogP contribution >= 0.6 is 0 Å². The van der Waals surface area contributed by atoms with Gasteiger partial charge in [0.1, 0.15) is 0 Å². The summed E-state index contributed by atoms with van der Waals surface area (Å²) in [6.45, 7) is 6.86. The van der Waals surface area contributed by atoms with E-state index in [4.69, 9.17) is 10.1 Å². The number of hydrogen-bond donors (Lipinski definition) is 2. The first-order chi connectivity index (χ1) is 12.3. The Balaban J connectivity index is 2.05. The maximum atomic E-state index is 12.1.